The van der Waals surface area contributed by atoms with Crippen molar-refractivity contribution in [3.63, 3.8) is 0 Å². The highest BCUT2D eigenvalue weighted by Gasteiger charge is 2.20. The van der Waals surface area contributed by atoms with Crippen LogP contribution in [0, 0.1) is 11.7 Å². The number of pyridine rings is 1. The van der Waals surface area contributed by atoms with E-state index in [-0.39, 0.29) is 23.7 Å². The third kappa shape index (κ3) is 4.86. The average molecular weight is 423 g/mol. The molecule has 0 aliphatic rings. The molecule has 150 valence electrons. The summed E-state index contributed by atoms with van der Waals surface area (Å²) in [6.07, 6.45) is 2.35. The molecule has 7 nitrogen and oxygen atoms in total. The third-order valence-electron chi connectivity index (χ3n) is 4.02. The Morgan fingerprint density at radius 2 is 2.07 bits per heavy atom. The van der Waals surface area contributed by atoms with Gasteiger partial charge < -0.3 is 16.2 Å². The summed E-state index contributed by atoms with van der Waals surface area (Å²) in [5.41, 5.74) is 6.69. The summed E-state index contributed by atoms with van der Waals surface area (Å²) in [5.74, 6) is 0.627. The lowest BCUT2D eigenvalue weighted by atomic mass is 10.0. The Kier molecular flexibility index (Phi) is 6.63. The molecule has 2 atom stereocenters. The van der Waals surface area contributed by atoms with Gasteiger partial charge in [0.05, 0.1) is 23.6 Å². The van der Waals surface area contributed by atoms with Crippen LogP contribution < -0.4 is 11.1 Å². The van der Waals surface area contributed by atoms with Gasteiger partial charge in [-0.3, -0.25) is 4.98 Å². The zero-order valence-corrected chi connectivity index (χ0v) is 17.5. The maximum atomic E-state index is 14.0. The Morgan fingerprint density at radius 3 is 2.75 bits per heavy atom. The van der Waals surface area contributed by atoms with Gasteiger partial charge in [0.25, 0.3) is 0 Å². The Morgan fingerprint density at radius 1 is 1.29 bits per heavy atom. The molecule has 3 rings (SSSR count). The molecule has 0 radical (unpaired) electrons. The van der Waals surface area contributed by atoms with Crippen LogP contribution in [-0.4, -0.2) is 37.7 Å². The van der Waals surface area contributed by atoms with Crippen LogP contribution in [0.4, 0.5) is 15.3 Å². The van der Waals surface area contributed by atoms with Gasteiger partial charge in [0, 0.05) is 6.20 Å². The highest BCUT2D eigenvalue weighted by Crippen LogP contribution is 2.36. The van der Waals surface area contributed by atoms with Gasteiger partial charge in [-0.1, -0.05) is 36.9 Å². The number of aliphatic hydroxyl groups excluding tert-OH is 1. The predicted octanol–water partition coefficient (Wildman–Crippen LogP) is 3.87. The number of hydrogen-bond acceptors (Lipinski definition) is 9. The molecule has 0 aliphatic heterocycles. The molecule has 0 saturated heterocycles. The molecule has 3 aromatic rings. The molecule has 3 aromatic heterocycles. The molecule has 0 saturated carbocycles. The number of fused-ring (bicyclic) bond motifs is 1. The number of nitrogens with zero attached hydrogens (tertiary/aromatic N) is 4. The van der Waals surface area contributed by atoms with Crippen molar-refractivity contribution in [2.24, 2.45) is 5.92 Å². The largest absolute Gasteiger partial charge is 0.394 e. The predicted molar refractivity (Wildman–Crippen MR) is 112 cm³/mol. The number of nitrogen functional groups attached to an aromatic ring is 1. The summed E-state index contributed by atoms with van der Waals surface area (Å²) < 4.78 is 14.8. The number of thiazole rings is 1. The first-order valence-corrected chi connectivity index (χ1v) is 10.7. The lowest BCUT2D eigenvalue weighted by Crippen LogP contribution is -2.26. The summed E-state index contributed by atoms with van der Waals surface area (Å²) >= 11 is 2.59. The first-order valence-electron chi connectivity index (χ1n) is 8.95. The topological polar surface area (TPSA) is 110 Å². The highest BCUT2D eigenvalue weighted by atomic mass is 32.2. The van der Waals surface area contributed by atoms with Gasteiger partial charge in [-0.25, -0.2) is 19.3 Å². The molecule has 0 fully saturated rings. The van der Waals surface area contributed by atoms with Crippen LogP contribution in [0.2, 0.25) is 0 Å². The minimum absolute atomic E-state index is 0.0179. The maximum Gasteiger partial charge on any atom is 0.192 e. The van der Waals surface area contributed by atoms with Crippen molar-refractivity contribution in [3.8, 4) is 0 Å². The summed E-state index contributed by atoms with van der Waals surface area (Å²) in [5, 5.41) is 13.6. The lowest BCUT2D eigenvalue weighted by Gasteiger charge is -2.19. The van der Waals surface area contributed by atoms with Crippen LogP contribution in [0.3, 0.4) is 0 Å². The molecule has 0 unspecified atom stereocenters. The van der Waals surface area contributed by atoms with E-state index in [1.54, 1.807) is 12.3 Å². The smallest absolute Gasteiger partial charge is 0.192 e. The number of anilines is 2. The van der Waals surface area contributed by atoms with Crippen LogP contribution >= 0.6 is 23.1 Å². The average Bonchev–Trinajstić information content (AvgIpc) is 3.01. The maximum absolute atomic E-state index is 14.0. The highest BCUT2D eigenvalue weighted by molar-refractivity contribution is 7.99. The number of thioether (sulfide) groups is 1. The normalized spacial score (nSPS) is 13.8. The molecule has 0 aromatic carbocycles. The molecule has 4 N–H and O–H groups in total. The molecule has 28 heavy (non-hydrogen) atoms. The number of hydrogen-bond donors (Lipinski definition) is 3. The molecular weight excluding hydrogens is 399 g/mol. The zero-order valence-electron chi connectivity index (χ0n) is 15.9. The van der Waals surface area contributed by atoms with Gasteiger partial charge in [0.2, 0.25) is 0 Å². The second kappa shape index (κ2) is 8.97. The fourth-order valence-corrected chi connectivity index (χ4v) is 4.43. The van der Waals surface area contributed by atoms with Gasteiger partial charge in [-0.2, -0.15) is 0 Å². The molecule has 0 spiro atoms. The number of nitrogens with one attached hydrogen (secondary N) is 1. The molecule has 10 heteroatoms. The molecule has 0 amide bonds. The molecule has 0 bridgehead atoms. The van der Waals surface area contributed by atoms with E-state index >= 15 is 0 Å². The van der Waals surface area contributed by atoms with E-state index in [0.717, 1.165) is 11.1 Å². The quantitative estimate of drug-likeness (QED) is 0.371. The van der Waals surface area contributed by atoms with E-state index in [1.807, 2.05) is 6.92 Å². The van der Waals surface area contributed by atoms with Crippen LogP contribution in [0.5, 0.6) is 0 Å². The summed E-state index contributed by atoms with van der Waals surface area (Å²) in [7, 11) is 0. The zero-order chi connectivity index (χ0) is 20.3. The van der Waals surface area contributed by atoms with Crippen molar-refractivity contribution < 1.29 is 9.50 Å². The van der Waals surface area contributed by atoms with E-state index in [9.17, 15) is 9.50 Å². The van der Waals surface area contributed by atoms with Gasteiger partial charge in [-0.15, -0.1) is 0 Å². The number of aliphatic hydroxyl groups is 1. The standard InChI is InChI=1S/C18H23FN6OS2/c1-9(2)7-11(8-26)22-15-14-16(23-17(20)28-14)25-18(24-15)27-10(3)13-12(19)5-4-6-21-13/h4-6,9-11,26H,7-8H2,1-3H3,(H3,20,22,23,24,25)/t10-,11+/m0/s1. The molecule has 3 heterocycles. The van der Waals surface area contributed by atoms with E-state index in [1.165, 1.54) is 29.2 Å². The number of nitrogens with two attached hydrogens (primary N) is 1. The van der Waals surface area contributed by atoms with Crippen molar-refractivity contribution in [2.75, 3.05) is 17.7 Å². The number of aromatic nitrogens is 4. The summed E-state index contributed by atoms with van der Waals surface area (Å²) in [6, 6.07) is 2.79. The monoisotopic (exact) mass is 422 g/mol. The van der Waals surface area contributed by atoms with Gasteiger partial charge in [0.15, 0.2) is 21.8 Å². The SMILES string of the molecule is CC(C)C[C@H](CO)Nc1nc(S[C@@H](C)c2ncccc2F)nc2nc(N)sc12. The summed E-state index contributed by atoms with van der Waals surface area (Å²) in [4.78, 5) is 17.5. The molecule has 0 aliphatic carbocycles. The first-order chi connectivity index (χ1) is 13.4. The van der Waals surface area contributed by atoms with Gasteiger partial charge in [-0.05, 0) is 31.4 Å². The Bertz CT molecular complexity index is 951. The van der Waals surface area contributed by atoms with E-state index in [2.05, 4.69) is 39.1 Å². The fraction of sp³-hybridized carbons (Fsp3) is 0.444. The van der Waals surface area contributed by atoms with E-state index in [4.69, 9.17) is 5.73 Å². The third-order valence-corrected chi connectivity index (χ3v) is 5.87. The lowest BCUT2D eigenvalue weighted by molar-refractivity contribution is 0.259. The second-order valence-corrected chi connectivity index (χ2v) is 9.18. The van der Waals surface area contributed by atoms with E-state index < -0.39 is 0 Å². The first kappa shape index (κ1) is 20.7. The minimum Gasteiger partial charge on any atom is -0.394 e. The van der Waals surface area contributed by atoms with Crippen molar-refractivity contribution in [2.45, 2.75) is 43.6 Å². The number of halogens is 1. The Balaban J connectivity index is 1.92. The Hall–Kier alpha value is -2.04. The van der Waals surface area contributed by atoms with Gasteiger partial charge in [0.1, 0.15) is 10.5 Å². The molecular formula is C18H23FN6OS2. The Labute approximate surface area is 171 Å². The van der Waals surface area contributed by atoms with E-state index in [0.29, 0.717) is 33.4 Å². The van der Waals surface area contributed by atoms with Crippen LogP contribution in [0.25, 0.3) is 10.3 Å². The number of rotatable bonds is 8. The summed E-state index contributed by atoms with van der Waals surface area (Å²) in [6.45, 7) is 6.02. The van der Waals surface area contributed by atoms with Crippen molar-refractivity contribution in [1.29, 1.82) is 0 Å². The van der Waals surface area contributed by atoms with Gasteiger partial charge >= 0.3 is 0 Å². The van der Waals surface area contributed by atoms with Crippen molar-refractivity contribution >= 4 is 44.4 Å². The van der Waals surface area contributed by atoms with Crippen molar-refractivity contribution in [3.05, 3.63) is 29.8 Å². The van der Waals surface area contributed by atoms with Crippen LogP contribution in [0.1, 0.15) is 38.1 Å². The second-order valence-electron chi connectivity index (χ2n) is 6.84. The van der Waals surface area contributed by atoms with Crippen LogP contribution in [0.15, 0.2) is 23.5 Å². The van der Waals surface area contributed by atoms with Crippen LogP contribution in [-0.2, 0) is 0 Å². The minimum atomic E-state index is -0.364. The van der Waals surface area contributed by atoms with Crippen molar-refractivity contribution in [1.82, 2.24) is 19.9 Å². The fourth-order valence-electron chi connectivity index (χ4n) is 2.82.